The molecule has 0 radical (unpaired) electrons. The first-order chi connectivity index (χ1) is 8.70. The molecule has 0 saturated heterocycles. The van der Waals surface area contributed by atoms with E-state index in [-0.39, 0.29) is 0 Å². The Morgan fingerprint density at radius 3 is 2.72 bits per heavy atom. The van der Waals surface area contributed by atoms with Crippen molar-refractivity contribution in [2.75, 3.05) is 11.9 Å². The Bertz CT molecular complexity index is 469. The molecule has 0 aliphatic rings. The van der Waals surface area contributed by atoms with Crippen LogP contribution in [0.2, 0.25) is 0 Å². The second-order valence-corrected chi connectivity index (χ2v) is 5.56. The van der Waals surface area contributed by atoms with E-state index in [1.807, 2.05) is 19.2 Å². The SMILES string of the molecule is CC(Cc1cccs1)N(C)c1ccc(CCl)nn1. The summed E-state index contributed by atoms with van der Waals surface area (Å²) >= 11 is 7.49. The van der Waals surface area contributed by atoms with Gasteiger partial charge in [-0.15, -0.1) is 28.0 Å². The predicted octanol–water partition coefficient (Wildman–Crippen LogP) is 3.34. The fourth-order valence-electron chi connectivity index (χ4n) is 1.69. The second kappa shape index (κ2) is 6.16. The lowest BCUT2D eigenvalue weighted by Crippen LogP contribution is -2.31. The zero-order valence-electron chi connectivity index (χ0n) is 10.5. The van der Waals surface area contributed by atoms with Crippen LogP contribution in [0.15, 0.2) is 29.6 Å². The quantitative estimate of drug-likeness (QED) is 0.787. The zero-order chi connectivity index (χ0) is 13.0. The van der Waals surface area contributed by atoms with E-state index >= 15 is 0 Å². The van der Waals surface area contributed by atoms with Crippen molar-refractivity contribution in [1.29, 1.82) is 0 Å². The van der Waals surface area contributed by atoms with Gasteiger partial charge in [0.2, 0.25) is 0 Å². The first-order valence-electron chi connectivity index (χ1n) is 5.84. The lowest BCUT2D eigenvalue weighted by Gasteiger charge is -2.25. The van der Waals surface area contributed by atoms with Gasteiger partial charge in [0.1, 0.15) is 0 Å². The molecule has 18 heavy (non-hydrogen) atoms. The number of rotatable bonds is 5. The minimum absolute atomic E-state index is 0.389. The molecule has 2 rings (SSSR count). The molecular formula is C13H16ClN3S. The number of anilines is 1. The lowest BCUT2D eigenvalue weighted by molar-refractivity contribution is 0.673. The second-order valence-electron chi connectivity index (χ2n) is 4.26. The summed E-state index contributed by atoms with van der Waals surface area (Å²) in [6, 6.07) is 8.53. The average Bonchev–Trinajstić information content (AvgIpc) is 2.91. The molecule has 0 amide bonds. The van der Waals surface area contributed by atoms with Gasteiger partial charge in [-0.1, -0.05) is 6.07 Å². The van der Waals surface area contributed by atoms with Crippen LogP contribution in [0.3, 0.4) is 0 Å². The van der Waals surface area contributed by atoms with Gasteiger partial charge < -0.3 is 4.90 Å². The van der Waals surface area contributed by atoms with Crippen molar-refractivity contribution >= 4 is 28.8 Å². The van der Waals surface area contributed by atoms with Crippen molar-refractivity contribution < 1.29 is 0 Å². The van der Waals surface area contributed by atoms with E-state index in [0.717, 1.165) is 17.9 Å². The largest absolute Gasteiger partial charge is 0.355 e. The van der Waals surface area contributed by atoms with Gasteiger partial charge in [0, 0.05) is 24.4 Å². The zero-order valence-corrected chi connectivity index (χ0v) is 12.1. The Balaban J connectivity index is 2.02. The third kappa shape index (κ3) is 3.21. The van der Waals surface area contributed by atoms with E-state index in [1.165, 1.54) is 4.88 Å². The van der Waals surface area contributed by atoms with Crippen molar-refractivity contribution in [3.05, 3.63) is 40.2 Å². The van der Waals surface area contributed by atoms with E-state index in [9.17, 15) is 0 Å². The molecule has 0 fully saturated rings. The highest BCUT2D eigenvalue weighted by Gasteiger charge is 2.12. The van der Waals surface area contributed by atoms with E-state index in [4.69, 9.17) is 11.6 Å². The monoisotopic (exact) mass is 281 g/mol. The van der Waals surface area contributed by atoms with E-state index in [0.29, 0.717) is 11.9 Å². The maximum atomic E-state index is 5.70. The maximum absolute atomic E-state index is 5.70. The number of halogens is 1. The topological polar surface area (TPSA) is 29.0 Å². The fraction of sp³-hybridized carbons (Fsp3) is 0.385. The molecule has 3 nitrogen and oxygen atoms in total. The van der Waals surface area contributed by atoms with Gasteiger partial charge in [-0.25, -0.2) is 0 Å². The first kappa shape index (κ1) is 13.3. The average molecular weight is 282 g/mol. The molecule has 2 aromatic heterocycles. The van der Waals surface area contributed by atoms with Crippen LogP contribution in [-0.4, -0.2) is 23.3 Å². The number of nitrogens with zero attached hydrogens (tertiary/aromatic N) is 3. The fourth-order valence-corrected chi connectivity index (χ4v) is 2.66. The minimum atomic E-state index is 0.389. The number of thiophene rings is 1. The van der Waals surface area contributed by atoms with Crippen molar-refractivity contribution in [3.63, 3.8) is 0 Å². The highest BCUT2D eigenvalue weighted by atomic mass is 35.5. The third-order valence-electron chi connectivity index (χ3n) is 2.94. The summed E-state index contributed by atoms with van der Waals surface area (Å²) < 4.78 is 0. The lowest BCUT2D eigenvalue weighted by atomic mass is 10.2. The molecule has 0 aliphatic heterocycles. The highest BCUT2D eigenvalue weighted by molar-refractivity contribution is 7.09. The summed E-state index contributed by atoms with van der Waals surface area (Å²) in [6.45, 7) is 2.19. The number of alkyl halides is 1. The van der Waals surface area contributed by atoms with Crippen LogP contribution >= 0.6 is 22.9 Å². The molecule has 0 aliphatic carbocycles. The van der Waals surface area contributed by atoms with Gasteiger partial charge in [-0.2, -0.15) is 5.10 Å². The molecule has 0 aromatic carbocycles. The van der Waals surface area contributed by atoms with Crippen LogP contribution in [0.25, 0.3) is 0 Å². The van der Waals surface area contributed by atoms with Crippen LogP contribution in [0, 0.1) is 0 Å². The van der Waals surface area contributed by atoms with Gasteiger partial charge >= 0.3 is 0 Å². The highest BCUT2D eigenvalue weighted by Crippen LogP contribution is 2.17. The summed E-state index contributed by atoms with van der Waals surface area (Å²) in [5.74, 6) is 1.29. The molecule has 0 N–H and O–H groups in total. The van der Waals surface area contributed by atoms with Crippen molar-refractivity contribution in [2.45, 2.75) is 25.3 Å². The summed E-state index contributed by atoms with van der Waals surface area (Å²) in [4.78, 5) is 3.53. The van der Waals surface area contributed by atoms with Crippen molar-refractivity contribution in [2.24, 2.45) is 0 Å². The number of aromatic nitrogens is 2. The number of hydrogen-bond acceptors (Lipinski definition) is 4. The Morgan fingerprint density at radius 1 is 1.33 bits per heavy atom. The third-order valence-corrected chi connectivity index (χ3v) is 4.11. The van der Waals surface area contributed by atoms with Crippen molar-refractivity contribution in [1.82, 2.24) is 10.2 Å². The Labute approximate surface area is 116 Å². The smallest absolute Gasteiger partial charge is 0.151 e. The van der Waals surface area contributed by atoms with Crippen LogP contribution in [-0.2, 0) is 12.3 Å². The van der Waals surface area contributed by atoms with Gasteiger partial charge in [0.05, 0.1) is 11.6 Å². The predicted molar refractivity (Wildman–Crippen MR) is 77.5 cm³/mol. The van der Waals surface area contributed by atoms with Gasteiger partial charge in [-0.05, 0) is 30.5 Å². The van der Waals surface area contributed by atoms with E-state index in [2.05, 4.69) is 39.5 Å². The molecule has 0 spiro atoms. The van der Waals surface area contributed by atoms with Crippen LogP contribution in [0.4, 0.5) is 5.82 Å². The van der Waals surface area contributed by atoms with Crippen LogP contribution < -0.4 is 4.90 Å². The maximum Gasteiger partial charge on any atom is 0.151 e. The van der Waals surface area contributed by atoms with Gasteiger partial charge in [0.15, 0.2) is 5.82 Å². The van der Waals surface area contributed by atoms with Crippen LogP contribution in [0.1, 0.15) is 17.5 Å². The molecule has 1 unspecified atom stereocenters. The summed E-state index contributed by atoms with van der Waals surface area (Å²) in [5.41, 5.74) is 0.805. The van der Waals surface area contributed by atoms with Crippen LogP contribution in [0.5, 0.6) is 0 Å². The normalized spacial score (nSPS) is 12.4. The van der Waals surface area contributed by atoms with Gasteiger partial charge in [0.25, 0.3) is 0 Å². The summed E-state index contributed by atoms with van der Waals surface area (Å²) in [7, 11) is 2.04. The number of likely N-dealkylation sites (N-methyl/N-ethyl adjacent to an activating group) is 1. The molecule has 0 saturated carbocycles. The molecular weight excluding hydrogens is 266 g/mol. The van der Waals surface area contributed by atoms with Gasteiger partial charge in [-0.3, -0.25) is 0 Å². The summed E-state index contributed by atoms with van der Waals surface area (Å²) in [6.07, 6.45) is 1.02. The number of hydrogen-bond donors (Lipinski definition) is 0. The molecule has 2 heterocycles. The molecule has 2 aromatic rings. The van der Waals surface area contributed by atoms with E-state index < -0.39 is 0 Å². The molecule has 96 valence electrons. The molecule has 0 bridgehead atoms. The molecule has 5 heteroatoms. The standard InChI is InChI=1S/C13H16ClN3S/c1-10(8-12-4-3-7-18-12)17(2)13-6-5-11(9-14)15-16-13/h3-7,10H,8-9H2,1-2H3. The minimum Gasteiger partial charge on any atom is -0.355 e. The first-order valence-corrected chi connectivity index (χ1v) is 7.26. The van der Waals surface area contributed by atoms with E-state index in [1.54, 1.807) is 11.3 Å². The molecule has 1 atom stereocenters. The Kier molecular flexibility index (Phi) is 4.55. The Morgan fingerprint density at radius 2 is 2.17 bits per heavy atom. The Hall–Kier alpha value is -1.13. The van der Waals surface area contributed by atoms with Crippen molar-refractivity contribution in [3.8, 4) is 0 Å². The summed E-state index contributed by atoms with van der Waals surface area (Å²) in [5, 5.41) is 10.4.